The Morgan fingerprint density at radius 1 is 1.19 bits per heavy atom. The third kappa shape index (κ3) is 1.63. The fourth-order valence-electron chi connectivity index (χ4n) is 1.94. The van der Waals surface area contributed by atoms with Crippen LogP contribution in [-0.4, -0.2) is 18.2 Å². The standard InChI is InChI=1S/C12H15NO2S/c1-3-14-12(15-4-2)9-7-5-6-8-10(9)13-11(12)16/h5-8H,3-4H2,1-2H3,(H,13,16). The van der Waals surface area contributed by atoms with Crippen LogP contribution in [0.1, 0.15) is 19.4 Å². The van der Waals surface area contributed by atoms with Crippen LogP contribution in [-0.2, 0) is 15.3 Å². The lowest BCUT2D eigenvalue weighted by Gasteiger charge is -2.28. The second-order valence-electron chi connectivity index (χ2n) is 3.48. The van der Waals surface area contributed by atoms with E-state index in [9.17, 15) is 0 Å². The topological polar surface area (TPSA) is 30.5 Å². The normalized spacial score (nSPS) is 17.0. The summed E-state index contributed by atoms with van der Waals surface area (Å²) in [5, 5.41) is 3.14. The summed E-state index contributed by atoms with van der Waals surface area (Å²) in [5.74, 6) is -0.893. The number of rotatable bonds is 4. The van der Waals surface area contributed by atoms with Gasteiger partial charge in [0.2, 0.25) is 5.79 Å². The molecule has 1 aliphatic heterocycles. The zero-order valence-electron chi connectivity index (χ0n) is 9.45. The summed E-state index contributed by atoms with van der Waals surface area (Å²) in [6.07, 6.45) is 0. The van der Waals surface area contributed by atoms with E-state index in [-0.39, 0.29) is 0 Å². The highest BCUT2D eigenvalue weighted by molar-refractivity contribution is 7.80. The molecule has 86 valence electrons. The van der Waals surface area contributed by atoms with E-state index in [4.69, 9.17) is 21.7 Å². The number of hydrogen-bond acceptors (Lipinski definition) is 3. The molecule has 1 N–H and O–H groups in total. The lowest BCUT2D eigenvalue weighted by atomic mass is 10.1. The van der Waals surface area contributed by atoms with Gasteiger partial charge in [-0.2, -0.15) is 0 Å². The maximum atomic E-state index is 5.74. The molecule has 0 saturated carbocycles. The largest absolute Gasteiger partial charge is 0.345 e. The number of fused-ring (bicyclic) bond motifs is 1. The summed E-state index contributed by atoms with van der Waals surface area (Å²) < 4.78 is 11.5. The Kier molecular flexibility index (Phi) is 3.23. The Bertz CT molecular complexity index is 400. The van der Waals surface area contributed by atoms with E-state index in [1.165, 1.54) is 0 Å². The van der Waals surface area contributed by atoms with Crippen LogP contribution in [0.5, 0.6) is 0 Å². The molecule has 0 aliphatic carbocycles. The lowest BCUT2D eigenvalue weighted by Crippen LogP contribution is -2.39. The number of nitrogens with one attached hydrogen (secondary N) is 1. The number of ether oxygens (including phenoxy) is 2. The Morgan fingerprint density at radius 2 is 1.81 bits per heavy atom. The second-order valence-corrected chi connectivity index (χ2v) is 3.89. The number of hydrogen-bond donors (Lipinski definition) is 1. The van der Waals surface area contributed by atoms with Crippen molar-refractivity contribution in [3.63, 3.8) is 0 Å². The smallest absolute Gasteiger partial charge is 0.250 e. The first-order chi connectivity index (χ1) is 7.74. The Labute approximate surface area is 101 Å². The van der Waals surface area contributed by atoms with E-state index < -0.39 is 5.79 Å². The van der Waals surface area contributed by atoms with Gasteiger partial charge in [0.25, 0.3) is 0 Å². The summed E-state index contributed by atoms with van der Waals surface area (Å²) in [7, 11) is 0. The van der Waals surface area contributed by atoms with Crippen LogP contribution in [0.2, 0.25) is 0 Å². The molecule has 1 heterocycles. The van der Waals surface area contributed by atoms with Gasteiger partial charge in [-0.05, 0) is 19.9 Å². The molecule has 0 radical (unpaired) electrons. The summed E-state index contributed by atoms with van der Waals surface area (Å²) in [4.78, 5) is 0.581. The van der Waals surface area contributed by atoms with Crippen molar-refractivity contribution in [2.45, 2.75) is 19.6 Å². The van der Waals surface area contributed by atoms with Gasteiger partial charge in [-0.25, -0.2) is 0 Å². The SMILES string of the molecule is CCOC1(OCC)C(=S)Nc2ccccc21. The van der Waals surface area contributed by atoms with Crippen LogP contribution in [0.25, 0.3) is 0 Å². The molecule has 0 unspecified atom stereocenters. The second kappa shape index (κ2) is 4.49. The fraction of sp³-hybridized carbons (Fsp3) is 0.417. The highest BCUT2D eigenvalue weighted by Crippen LogP contribution is 2.40. The fourth-order valence-corrected chi connectivity index (χ4v) is 2.28. The predicted octanol–water partition coefficient (Wildman–Crippen LogP) is 2.67. The van der Waals surface area contributed by atoms with Gasteiger partial charge in [-0.1, -0.05) is 30.4 Å². The van der Waals surface area contributed by atoms with Gasteiger partial charge in [-0.3, -0.25) is 0 Å². The first kappa shape index (κ1) is 11.5. The first-order valence-corrected chi connectivity index (χ1v) is 5.84. The van der Waals surface area contributed by atoms with E-state index in [1.54, 1.807) is 0 Å². The molecule has 1 aromatic carbocycles. The summed E-state index contributed by atoms with van der Waals surface area (Å²) in [5.41, 5.74) is 1.93. The molecule has 16 heavy (non-hydrogen) atoms. The molecule has 0 bridgehead atoms. The van der Waals surface area contributed by atoms with Crippen molar-refractivity contribution in [3.8, 4) is 0 Å². The molecule has 0 fully saturated rings. The zero-order valence-corrected chi connectivity index (χ0v) is 10.3. The molecule has 0 aromatic heterocycles. The summed E-state index contributed by atoms with van der Waals surface area (Å²) >= 11 is 5.33. The molecule has 1 aliphatic rings. The molecular weight excluding hydrogens is 222 g/mol. The van der Waals surface area contributed by atoms with Gasteiger partial charge < -0.3 is 14.8 Å². The molecule has 0 spiro atoms. The Hall–Kier alpha value is -0.970. The number of para-hydroxylation sites is 1. The van der Waals surface area contributed by atoms with Crippen LogP contribution in [0.15, 0.2) is 24.3 Å². The summed E-state index contributed by atoms with van der Waals surface area (Å²) in [6.45, 7) is 4.97. The zero-order chi connectivity index (χ0) is 11.6. The van der Waals surface area contributed by atoms with Gasteiger partial charge in [0.05, 0.1) is 0 Å². The van der Waals surface area contributed by atoms with Crippen LogP contribution in [0, 0.1) is 0 Å². The van der Waals surface area contributed by atoms with E-state index in [2.05, 4.69) is 5.32 Å². The van der Waals surface area contributed by atoms with Gasteiger partial charge in [-0.15, -0.1) is 0 Å². The molecular formula is C12H15NO2S. The lowest BCUT2D eigenvalue weighted by molar-refractivity contribution is -0.187. The molecule has 3 nitrogen and oxygen atoms in total. The van der Waals surface area contributed by atoms with Crippen LogP contribution in [0.4, 0.5) is 5.69 Å². The Morgan fingerprint density at radius 3 is 2.44 bits per heavy atom. The molecule has 1 aromatic rings. The van der Waals surface area contributed by atoms with Crippen LogP contribution < -0.4 is 5.32 Å². The highest BCUT2D eigenvalue weighted by Gasteiger charge is 2.45. The van der Waals surface area contributed by atoms with Crippen molar-refractivity contribution < 1.29 is 9.47 Å². The minimum Gasteiger partial charge on any atom is -0.345 e. The third-order valence-corrected chi connectivity index (χ3v) is 2.89. The quantitative estimate of drug-likeness (QED) is 0.644. The maximum absolute atomic E-state index is 5.74. The molecule has 2 rings (SSSR count). The van der Waals surface area contributed by atoms with Gasteiger partial charge in [0, 0.05) is 24.5 Å². The molecule has 0 amide bonds. The van der Waals surface area contributed by atoms with Crippen molar-refractivity contribution in [1.82, 2.24) is 0 Å². The molecule has 4 heteroatoms. The van der Waals surface area contributed by atoms with E-state index in [1.807, 2.05) is 38.1 Å². The minimum absolute atomic E-state index is 0.552. The third-order valence-electron chi connectivity index (χ3n) is 2.52. The maximum Gasteiger partial charge on any atom is 0.250 e. The summed E-state index contributed by atoms with van der Waals surface area (Å²) in [6, 6.07) is 7.87. The molecule has 0 atom stereocenters. The first-order valence-electron chi connectivity index (χ1n) is 5.43. The van der Waals surface area contributed by atoms with Crippen molar-refractivity contribution in [3.05, 3.63) is 29.8 Å². The number of thiocarbonyl (C=S) groups is 1. The Balaban J connectivity index is 2.47. The predicted molar refractivity (Wildman–Crippen MR) is 67.6 cm³/mol. The van der Waals surface area contributed by atoms with Gasteiger partial charge in [0.1, 0.15) is 4.99 Å². The van der Waals surface area contributed by atoms with Gasteiger partial charge in [0.15, 0.2) is 0 Å². The van der Waals surface area contributed by atoms with Crippen molar-refractivity contribution in [2.24, 2.45) is 0 Å². The van der Waals surface area contributed by atoms with Crippen LogP contribution in [0.3, 0.4) is 0 Å². The monoisotopic (exact) mass is 237 g/mol. The van der Waals surface area contributed by atoms with E-state index in [0.29, 0.717) is 18.2 Å². The average Bonchev–Trinajstić information content (AvgIpc) is 2.54. The average molecular weight is 237 g/mol. The highest BCUT2D eigenvalue weighted by atomic mass is 32.1. The van der Waals surface area contributed by atoms with Crippen LogP contribution >= 0.6 is 12.2 Å². The van der Waals surface area contributed by atoms with E-state index in [0.717, 1.165) is 11.3 Å². The number of anilines is 1. The van der Waals surface area contributed by atoms with Gasteiger partial charge >= 0.3 is 0 Å². The van der Waals surface area contributed by atoms with Crippen molar-refractivity contribution in [1.29, 1.82) is 0 Å². The molecule has 0 saturated heterocycles. The number of benzene rings is 1. The minimum atomic E-state index is -0.893. The van der Waals surface area contributed by atoms with E-state index >= 15 is 0 Å². The van der Waals surface area contributed by atoms with Crippen molar-refractivity contribution >= 4 is 22.9 Å². The van der Waals surface area contributed by atoms with Crippen molar-refractivity contribution in [2.75, 3.05) is 18.5 Å².